The molecular weight excluding hydrogens is 265 g/mol. The van der Waals surface area contributed by atoms with Crippen molar-refractivity contribution in [1.82, 2.24) is 4.90 Å². The Morgan fingerprint density at radius 2 is 1.50 bits per heavy atom. The van der Waals surface area contributed by atoms with E-state index < -0.39 is 11.8 Å². The molecular formula is C14H30N3NaO2. The first kappa shape index (κ1) is 22.6. The van der Waals surface area contributed by atoms with Crippen molar-refractivity contribution in [1.29, 1.82) is 0 Å². The summed E-state index contributed by atoms with van der Waals surface area (Å²) in [5.41, 5.74) is 11.5. The van der Waals surface area contributed by atoms with Crippen LogP contribution >= 0.6 is 0 Å². The third-order valence-corrected chi connectivity index (χ3v) is 3.28. The van der Waals surface area contributed by atoms with E-state index in [0.29, 0.717) is 6.54 Å². The Hall–Kier alpha value is 0.350. The predicted molar refractivity (Wildman–Crippen MR) is 76.0 cm³/mol. The molecule has 0 heterocycles. The summed E-state index contributed by atoms with van der Waals surface area (Å²) in [6.45, 7) is 4.22. The van der Waals surface area contributed by atoms with Crippen molar-refractivity contribution >= 4 is 5.97 Å². The monoisotopic (exact) mass is 295 g/mol. The number of carbonyl (C=O) groups excluding carboxylic acids is 1. The van der Waals surface area contributed by atoms with Crippen LogP contribution in [0, 0.1) is 0 Å². The second-order valence-corrected chi connectivity index (χ2v) is 5.49. The Morgan fingerprint density at radius 3 is 1.90 bits per heavy atom. The summed E-state index contributed by atoms with van der Waals surface area (Å²) in [7, 11) is 0. The SMILES string of the molecule is CCCCCCCCCCN(CC(=O)[O-])C(C)(N)N.[Na+]. The maximum Gasteiger partial charge on any atom is 1.00 e. The third-order valence-electron chi connectivity index (χ3n) is 3.28. The number of aliphatic carboxylic acids is 1. The molecule has 0 bridgehead atoms. The summed E-state index contributed by atoms with van der Waals surface area (Å²) < 4.78 is 0. The van der Waals surface area contributed by atoms with Gasteiger partial charge in [-0.2, -0.15) is 0 Å². The average Bonchev–Trinajstić information content (AvgIpc) is 2.29. The van der Waals surface area contributed by atoms with E-state index >= 15 is 0 Å². The Bertz CT molecular complexity index is 245. The molecule has 0 amide bonds. The van der Waals surface area contributed by atoms with Crippen LogP contribution in [0.5, 0.6) is 0 Å². The summed E-state index contributed by atoms with van der Waals surface area (Å²) in [6, 6.07) is 0. The third kappa shape index (κ3) is 13.3. The van der Waals surface area contributed by atoms with Crippen LogP contribution in [0.15, 0.2) is 0 Å². The van der Waals surface area contributed by atoms with E-state index in [1.54, 1.807) is 11.8 Å². The minimum absolute atomic E-state index is 0. The summed E-state index contributed by atoms with van der Waals surface area (Å²) >= 11 is 0. The fourth-order valence-corrected chi connectivity index (χ4v) is 2.08. The first-order chi connectivity index (χ1) is 8.88. The van der Waals surface area contributed by atoms with Gasteiger partial charge in [-0.15, -0.1) is 0 Å². The van der Waals surface area contributed by atoms with Crippen LogP contribution in [-0.4, -0.2) is 29.7 Å². The zero-order valence-electron chi connectivity index (χ0n) is 13.5. The second kappa shape index (κ2) is 13.0. The molecule has 0 aromatic heterocycles. The Morgan fingerprint density at radius 1 is 1.05 bits per heavy atom. The van der Waals surface area contributed by atoms with Crippen molar-refractivity contribution in [2.45, 2.75) is 71.0 Å². The number of carbonyl (C=O) groups is 1. The van der Waals surface area contributed by atoms with Gasteiger partial charge in [-0.25, -0.2) is 0 Å². The van der Waals surface area contributed by atoms with Gasteiger partial charge in [-0.05, 0) is 13.3 Å². The minimum atomic E-state index is -1.14. The van der Waals surface area contributed by atoms with Crippen LogP contribution in [0.25, 0.3) is 0 Å². The van der Waals surface area contributed by atoms with Crippen LogP contribution in [0.4, 0.5) is 0 Å². The number of carboxylic acids is 1. The van der Waals surface area contributed by atoms with Gasteiger partial charge >= 0.3 is 29.6 Å². The van der Waals surface area contributed by atoms with E-state index in [-0.39, 0.29) is 36.1 Å². The topological polar surface area (TPSA) is 95.4 Å². The second-order valence-electron chi connectivity index (χ2n) is 5.49. The van der Waals surface area contributed by atoms with Gasteiger partial charge in [-0.3, -0.25) is 4.90 Å². The first-order valence-corrected chi connectivity index (χ1v) is 7.40. The number of hydrogen-bond acceptors (Lipinski definition) is 5. The van der Waals surface area contributed by atoms with Crippen LogP contribution in [0.1, 0.15) is 65.2 Å². The summed E-state index contributed by atoms with van der Waals surface area (Å²) in [4.78, 5) is 12.2. The average molecular weight is 295 g/mol. The molecule has 114 valence electrons. The van der Waals surface area contributed by atoms with Gasteiger partial charge in [0.25, 0.3) is 0 Å². The number of carboxylic acid groups (broad SMARTS) is 1. The van der Waals surface area contributed by atoms with Gasteiger partial charge < -0.3 is 21.4 Å². The number of rotatable bonds is 12. The maximum atomic E-state index is 10.6. The minimum Gasteiger partial charge on any atom is -0.549 e. The molecule has 0 radical (unpaired) electrons. The summed E-state index contributed by atoms with van der Waals surface area (Å²) in [5, 5.41) is 10.6. The van der Waals surface area contributed by atoms with Crippen molar-refractivity contribution in [3.63, 3.8) is 0 Å². The zero-order valence-corrected chi connectivity index (χ0v) is 15.5. The largest absolute Gasteiger partial charge is 1.00 e. The van der Waals surface area contributed by atoms with Crippen molar-refractivity contribution in [3.05, 3.63) is 0 Å². The first-order valence-electron chi connectivity index (χ1n) is 7.40. The van der Waals surface area contributed by atoms with Crippen molar-refractivity contribution < 1.29 is 39.5 Å². The molecule has 0 spiro atoms. The van der Waals surface area contributed by atoms with E-state index in [9.17, 15) is 9.90 Å². The maximum absolute atomic E-state index is 10.6. The molecule has 5 nitrogen and oxygen atoms in total. The Kier molecular flexibility index (Phi) is 14.8. The molecule has 0 aliphatic carbocycles. The van der Waals surface area contributed by atoms with E-state index in [0.717, 1.165) is 12.8 Å². The van der Waals surface area contributed by atoms with Crippen LogP contribution in [0.3, 0.4) is 0 Å². The number of hydrogen-bond donors (Lipinski definition) is 2. The fourth-order valence-electron chi connectivity index (χ4n) is 2.08. The Balaban J connectivity index is 0. The molecule has 0 aliphatic heterocycles. The smallest absolute Gasteiger partial charge is 0.549 e. The molecule has 4 N–H and O–H groups in total. The number of unbranched alkanes of at least 4 members (excludes halogenated alkanes) is 7. The molecule has 0 atom stereocenters. The van der Waals surface area contributed by atoms with Crippen molar-refractivity contribution in [3.8, 4) is 0 Å². The molecule has 0 aliphatic rings. The van der Waals surface area contributed by atoms with Crippen molar-refractivity contribution in [2.24, 2.45) is 11.5 Å². The molecule has 0 unspecified atom stereocenters. The summed E-state index contributed by atoms with van der Waals surface area (Å²) in [6.07, 6.45) is 9.65. The molecule has 0 fully saturated rings. The molecule has 0 saturated heterocycles. The van der Waals surface area contributed by atoms with Gasteiger partial charge in [-0.1, -0.05) is 51.9 Å². The zero-order chi connectivity index (χ0) is 14.7. The van der Waals surface area contributed by atoms with Gasteiger partial charge in [0, 0.05) is 13.1 Å². The van der Waals surface area contributed by atoms with Crippen LogP contribution in [0.2, 0.25) is 0 Å². The number of nitrogens with two attached hydrogens (primary N) is 2. The van der Waals surface area contributed by atoms with Gasteiger partial charge in [0.05, 0.1) is 5.97 Å². The molecule has 6 heteroatoms. The van der Waals surface area contributed by atoms with Gasteiger partial charge in [0.1, 0.15) is 5.79 Å². The van der Waals surface area contributed by atoms with Crippen molar-refractivity contribution in [2.75, 3.05) is 13.1 Å². The van der Waals surface area contributed by atoms with Gasteiger partial charge in [0.2, 0.25) is 0 Å². The quantitative estimate of drug-likeness (QED) is 0.241. The summed E-state index contributed by atoms with van der Waals surface area (Å²) in [5.74, 6) is -2.23. The van der Waals surface area contributed by atoms with Crippen LogP contribution in [-0.2, 0) is 4.79 Å². The van der Waals surface area contributed by atoms with E-state index in [4.69, 9.17) is 11.5 Å². The Labute approximate surface area is 145 Å². The van der Waals surface area contributed by atoms with E-state index in [1.165, 1.54) is 38.5 Å². The molecule has 20 heavy (non-hydrogen) atoms. The standard InChI is InChI=1S/C14H31N3O2.Na/c1-3-4-5-6-7-8-9-10-11-17(12-13(18)19)14(2,15)16;/h3-12,15-16H2,1-2H3,(H,18,19);/q;+1/p-1. The molecule has 0 aromatic carbocycles. The van der Waals surface area contributed by atoms with E-state index in [2.05, 4.69) is 6.92 Å². The predicted octanol–water partition coefficient (Wildman–Crippen LogP) is -2.23. The van der Waals surface area contributed by atoms with Gasteiger partial charge in [0.15, 0.2) is 0 Å². The fraction of sp³-hybridized carbons (Fsp3) is 0.929. The molecule has 0 rings (SSSR count). The molecule has 0 saturated carbocycles. The molecule has 0 aromatic rings. The van der Waals surface area contributed by atoms with Crippen LogP contribution < -0.4 is 46.1 Å². The number of nitrogens with zero attached hydrogens (tertiary/aromatic N) is 1. The normalized spacial score (nSPS) is 11.4. The van der Waals surface area contributed by atoms with E-state index in [1.807, 2.05) is 0 Å².